The van der Waals surface area contributed by atoms with Crippen molar-refractivity contribution in [1.29, 1.82) is 0 Å². The first kappa shape index (κ1) is 49.2. The first-order chi connectivity index (χ1) is 24.6. The Bertz CT molecular complexity index is 1000. The van der Waals surface area contributed by atoms with Crippen LogP contribution in [0.2, 0.25) is 0 Å². The number of quaternary nitrogens is 1. The number of phosphoric acid groups is 1. The summed E-state index contributed by atoms with van der Waals surface area (Å²) in [4.78, 5) is 22.7. The van der Waals surface area contributed by atoms with Crippen LogP contribution < -0.4 is 0 Å². The molecule has 0 aliphatic carbocycles. The van der Waals surface area contributed by atoms with E-state index in [2.05, 4.69) is 62.5 Å². The topological polar surface area (TPSA) is 91.3 Å². The lowest BCUT2D eigenvalue weighted by Gasteiger charge is -2.24. The van der Waals surface area contributed by atoms with E-state index in [1.165, 1.54) is 77.0 Å². The Kier molecular flexibility index (Phi) is 34.0. The highest BCUT2D eigenvalue weighted by Crippen LogP contribution is 2.43. The van der Waals surface area contributed by atoms with Crippen LogP contribution in [0.5, 0.6) is 0 Å². The molecule has 0 aliphatic heterocycles. The van der Waals surface area contributed by atoms with Crippen LogP contribution in [0, 0.1) is 0 Å². The highest BCUT2D eigenvalue weighted by molar-refractivity contribution is 7.47. The first-order valence-electron chi connectivity index (χ1n) is 20.0. The summed E-state index contributed by atoms with van der Waals surface area (Å²) in [7, 11) is 1.61. The van der Waals surface area contributed by atoms with Gasteiger partial charge in [0.25, 0.3) is 0 Å². The molecule has 1 N–H and O–H groups in total. The summed E-state index contributed by atoms with van der Waals surface area (Å²) >= 11 is 0. The van der Waals surface area contributed by atoms with Crippen molar-refractivity contribution in [3.63, 3.8) is 0 Å². The van der Waals surface area contributed by atoms with E-state index >= 15 is 0 Å². The third-order valence-corrected chi connectivity index (χ3v) is 9.06. The molecule has 0 saturated heterocycles. The second-order valence-electron chi connectivity index (χ2n) is 14.3. The molecule has 0 radical (unpaired) electrons. The number of likely N-dealkylation sites (N-methyl/N-ethyl adjacent to an activating group) is 1. The Morgan fingerprint density at radius 2 is 1.14 bits per heavy atom. The Morgan fingerprint density at radius 1 is 0.627 bits per heavy atom. The average Bonchev–Trinajstić information content (AvgIpc) is 3.08. The molecule has 2 atom stereocenters. The monoisotopic (exact) mass is 739 g/mol. The Labute approximate surface area is 313 Å². The second-order valence-corrected chi connectivity index (χ2v) is 15.7. The van der Waals surface area contributed by atoms with Gasteiger partial charge in [-0.1, -0.05) is 132 Å². The molecule has 0 fully saturated rings. The van der Waals surface area contributed by atoms with Crippen LogP contribution in [0.15, 0.2) is 60.8 Å². The summed E-state index contributed by atoms with van der Waals surface area (Å²) in [5, 5.41) is 0. The van der Waals surface area contributed by atoms with Gasteiger partial charge < -0.3 is 18.9 Å². The molecule has 8 nitrogen and oxygen atoms in total. The number of nitrogens with zero attached hydrogens (tertiary/aromatic N) is 1. The number of unbranched alkanes of at least 4 members (excludes halogenated alkanes) is 12. The van der Waals surface area contributed by atoms with E-state index in [9.17, 15) is 14.3 Å². The maximum absolute atomic E-state index is 12.6. The van der Waals surface area contributed by atoms with Crippen LogP contribution in [-0.2, 0) is 27.9 Å². The summed E-state index contributed by atoms with van der Waals surface area (Å²) in [5.74, 6) is -0.398. The Hall–Kier alpha value is -1.80. The second kappa shape index (κ2) is 35.2. The van der Waals surface area contributed by atoms with Crippen LogP contribution in [0.4, 0.5) is 0 Å². The van der Waals surface area contributed by atoms with Gasteiger partial charge in [0.2, 0.25) is 0 Å². The van der Waals surface area contributed by atoms with Gasteiger partial charge in [0.1, 0.15) is 19.3 Å². The zero-order valence-electron chi connectivity index (χ0n) is 33.3. The van der Waals surface area contributed by atoms with Crippen molar-refractivity contribution >= 4 is 13.8 Å². The Balaban J connectivity index is 4.39. The molecule has 0 aromatic heterocycles. The number of hydrogen-bond acceptors (Lipinski definition) is 6. The third kappa shape index (κ3) is 39.2. The molecule has 0 rings (SSSR count). The fourth-order valence-electron chi connectivity index (χ4n) is 4.97. The number of carbonyl (C=O) groups excluding carboxylic acids is 1. The maximum Gasteiger partial charge on any atom is 0.472 e. The van der Waals surface area contributed by atoms with Crippen LogP contribution in [-0.4, -0.2) is 75.6 Å². The normalized spacial score (nSPS) is 14.5. The number of esters is 1. The predicted molar refractivity (Wildman–Crippen MR) is 215 cm³/mol. The minimum absolute atomic E-state index is 0.0725. The predicted octanol–water partition coefficient (Wildman–Crippen LogP) is 11.4. The molecule has 0 aromatic rings. The molecule has 9 heteroatoms. The van der Waals surface area contributed by atoms with E-state index in [0.717, 1.165) is 38.5 Å². The van der Waals surface area contributed by atoms with Gasteiger partial charge in [-0.3, -0.25) is 13.8 Å². The molecule has 0 aliphatic rings. The number of allylic oxidation sites excluding steroid dienone is 10. The van der Waals surface area contributed by atoms with E-state index in [1.54, 1.807) is 0 Å². The lowest BCUT2D eigenvalue weighted by molar-refractivity contribution is -0.870. The van der Waals surface area contributed by atoms with Crippen LogP contribution in [0.1, 0.15) is 142 Å². The van der Waals surface area contributed by atoms with Crippen molar-refractivity contribution in [3.8, 4) is 0 Å². The highest BCUT2D eigenvalue weighted by Gasteiger charge is 2.26. The molecular formula is C42H77NO7P+. The summed E-state index contributed by atoms with van der Waals surface area (Å²) < 4.78 is 34.8. The van der Waals surface area contributed by atoms with E-state index in [1.807, 2.05) is 33.3 Å². The van der Waals surface area contributed by atoms with E-state index < -0.39 is 19.9 Å². The number of ether oxygens (including phenoxy) is 2. The van der Waals surface area contributed by atoms with Crippen molar-refractivity contribution in [2.75, 3.05) is 54.1 Å². The molecule has 296 valence electrons. The van der Waals surface area contributed by atoms with E-state index in [-0.39, 0.29) is 26.2 Å². The zero-order valence-corrected chi connectivity index (χ0v) is 34.2. The minimum Gasteiger partial charge on any atom is -0.457 e. The smallest absolute Gasteiger partial charge is 0.457 e. The minimum atomic E-state index is -4.29. The fraction of sp³-hybridized carbons (Fsp3) is 0.738. The first-order valence-corrected chi connectivity index (χ1v) is 21.5. The summed E-state index contributed by atoms with van der Waals surface area (Å²) in [6, 6.07) is 0. The van der Waals surface area contributed by atoms with Gasteiger partial charge in [0, 0.05) is 13.0 Å². The lowest BCUT2D eigenvalue weighted by atomic mass is 10.1. The molecule has 2 unspecified atom stereocenters. The number of carbonyl (C=O) groups is 1. The molecular weight excluding hydrogens is 661 g/mol. The van der Waals surface area contributed by atoms with Gasteiger partial charge in [-0.05, 0) is 64.2 Å². The lowest BCUT2D eigenvalue weighted by Crippen LogP contribution is -2.37. The maximum atomic E-state index is 12.6. The van der Waals surface area contributed by atoms with Crippen molar-refractivity contribution < 1.29 is 37.3 Å². The number of hydrogen-bond donors (Lipinski definition) is 1. The largest absolute Gasteiger partial charge is 0.472 e. The molecule has 0 aromatic carbocycles. The molecule has 0 heterocycles. The summed E-state index contributed by atoms with van der Waals surface area (Å²) in [5.41, 5.74) is 0. The standard InChI is InChI=1S/C42H76NO7P/c1-6-8-10-12-14-16-18-20-21-22-24-26-28-30-32-34-37-47-39-41(40-49-51(45,46)48-38-36-43(3,4)5)50-42(44)35-33-31-29-27-25-23-19-17-15-13-11-9-7-2/h9,11,15,17,20-21,23,25,29,31,41H,6-8,10,12-14,16,18-19,22,24,26-28,30,32-40H2,1-5H3/p+1/b11-9-,17-15-,21-20-,25-23-,31-29-. The molecule has 0 amide bonds. The van der Waals surface area contributed by atoms with Crippen molar-refractivity contribution in [2.45, 2.75) is 148 Å². The molecule has 0 spiro atoms. The van der Waals surface area contributed by atoms with Crippen LogP contribution in [0.3, 0.4) is 0 Å². The molecule has 0 bridgehead atoms. The SMILES string of the molecule is CC/C=C\C/C=C\C/C=C\C/C=C\CCC(=O)OC(COCCCCCCCC/C=C\CCCCCCCC)COP(=O)(O)OCC[N+](C)(C)C. The van der Waals surface area contributed by atoms with Gasteiger partial charge in [-0.2, -0.15) is 0 Å². The Morgan fingerprint density at radius 3 is 1.71 bits per heavy atom. The molecule has 0 saturated carbocycles. The van der Waals surface area contributed by atoms with Gasteiger partial charge in [-0.15, -0.1) is 0 Å². The van der Waals surface area contributed by atoms with Gasteiger partial charge in [-0.25, -0.2) is 4.57 Å². The number of phosphoric ester groups is 1. The highest BCUT2D eigenvalue weighted by atomic mass is 31.2. The van der Waals surface area contributed by atoms with Crippen LogP contribution in [0.25, 0.3) is 0 Å². The zero-order chi connectivity index (χ0) is 37.7. The van der Waals surface area contributed by atoms with Crippen LogP contribution >= 0.6 is 7.82 Å². The van der Waals surface area contributed by atoms with Gasteiger partial charge in [0.15, 0.2) is 0 Å². The van der Waals surface area contributed by atoms with E-state index in [0.29, 0.717) is 24.1 Å². The van der Waals surface area contributed by atoms with Crippen molar-refractivity contribution in [1.82, 2.24) is 0 Å². The van der Waals surface area contributed by atoms with Crippen molar-refractivity contribution in [3.05, 3.63) is 60.8 Å². The summed E-state index contributed by atoms with van der Waals surface area (Å²) in [6.45, 7) is 5.37. The quantitative estimate of drug-likeness (QED) is 0.0225. The number of rotatable bonds is 36. The van der Waals surface area contributed by atoms with Gasteiger partial charge >= 0.3 is 13.8 Å². The summed E-state index contributed by atoms with van der Waals surface area (Å²) in [6.07, 6.45) is 42.7. The fourth-order valence-corrected chi connectivity index (χ4v) is 5.71. The van der Waals surface area contributed by atoms with Gasteiger partial charge in [0.05, 0.1) is 34.4 Å². The molecule has 51 heavy (non-hydrogen) atoms. The van der Waals surface area contributed by atoms with E-state index in [4.69, 9.17) is 18.5 Å². The third-order valence-electron chi connectivity index (χ3n) is 8.08. The average molecular weight is 739 g/mol. The van der Waals surface area contributed by atoms with Crippen molar-refractivity contribution in [2.24, 2.45) is 0 Å².